The Kier molecular flexibility index (Phi) is 5.67. The molecule has 1 saturated carbocycles. The number of benzene rings is 2. The molecular weight excluding hydrogens is 389 g/mol. The van der Waals surface area contributed by atoms with E-state index in [-0.39, 0.29) is 17.8 Å². The fourth-order valence-electron chi connectivity index (χ4n) is 3.95. The normalized spacial score (nSPS) is 19.1. The summed E-state index contributed by atoms with van der Waals surface area (Å²) in [5, 5.41) is 8.41. The Hall–Kier alpha value is -2.66. The number of hydrogen-bond acceptors (Lipinski definition) is 3. The molecule has 0 aliphatic heterocycles. The van der Waals surface area contributed by atoms with Crippen LogP contribution in [0.1, 0.15) is 41.6 Å². The lowest BCUT2D eigenvalue weighted by Gasteiger charge is -2.30. The minimum absolute atomic E-state index is 0.108. The summed E-state index contributed by atoms with van der Waals surface area (Å²) < 4.78 is 13.5. The number of amides is 1. The van der Waals surface area contributed by atoms with Crippen molar-refractivity contribution in [2.75, 3.05) is 5.32 Å². The summed E-state index contributed by atoms with van der Waals surface area (Å²) in [5.41, 5.74) is 3.11. The van der Waals surface area contributed by atoms with E-state index in [2.05, 4.69) is 15.6 Å². The van der Waals surface area contributed by atoms with Crippen molar-refractivity contribution in [2.45, 2.75) is 44.7 Å². The number of nitrogens with zero attached hydrogens (tertiary/aromatic N) is 1. The van der Waals surface area contributed by atoms with E-state index in [1.807, 2.05) is 31.2 Å². The van der Waals surface area contributed by atoms with Crippen molar-refractivity contribution in [3.8, 4) is 0 Å². The number of pyridine rings is 1. The van der Waals surface area contributed by atoms with Crippen LogP contribution in [0.2, 0.25) is 5.02 Å². The van der Waals surface area contributed by atoms with Gasteiger partial charge in [-0.2, -0.15) is 0 Å². The zero-order chi connectivity index (χ0) is 20.4. The molecule has 2 N–H and O–H groups in total. The molecule has 1 aliphatic rings. The van der Waals surface area contributed by atoms with Gasteiger partial charge >= 0.3 is 0 Å². The lowest BCUT2D eigenvalue weighted by atomic mass is 9.90. The number of halogens is 2. The predicted octanol–water partition coefficient (Wildman–Crippen LogP) is 5.49. The number of hydrogen-bond donors (Lipinski definition) is 2. The van der Waals surface area contributed by atoms with Gasteiger partial charge in [0.1, 0.15) is 5.82 Å². The number of carbonyl (C=O) groups is 1. The second-order valence-corrected chi connectivity index (χ2v) is 8.08. The van der Waals surface area contributed by atoms with Crippen LogP contribution in [-0.4, -0.2) is 23.0 Å². The Morgan fingerprint density at radius 1 is 1.07 bits per heavy atom. The molecule has 1 heterocycles. The van der Waals surface area contributed by atoms with Crippen LogP contribution < -0.4 is 10.6 Å². The first-order valence-electron chi connectivity index (χ1n) is 9.87. The van der Waals surface area contributed by atoms with Crippen LogP contribution in [0.15, 0.2) is 48.7 Å². The highest BCUT2D eigenvalue weighted by atomic mass is 35.5. The number of aryl methyl sites for hydroxylation is 1. The molecule has 0 atom stereocenters. The molecule has 1 fully saturated rings. The SMILES string of the molecule is Cc1ccc(F)cc1C(=O)N[C@H]1CC[C@@H](Nc2ccnc3cc(Cl)ccc23)CC1. The maximum absolute atomic E-state index is 13.5. The van der Waals surface area contributed by atoms with Crippen LogP contribution >= 0.6 is 11.6 Å². The van der Waals surface area contributed by atoms with E-state index in [9.17, 15) is 9.18 Å². The van der Waals surface area contributed by atoms with Gasteiger partial charge in [-0.25, -0.2) is 4.39 Å². The summed E-state index contributed by atoms with van der Waals surface area (Å²) in [6.45, 7) is 1.82. The Morgan fingerprint density at radius 3 is 2.62 bits per heavy atom. The lowest BCUT2D eigenvalue weighted by molar-refractivity contribution is 0.0925. The number of nitrogens with one attached hydrogen (secondary N) is 2. The lowest BCUT2D eigenvalue weighted by Crippen LogP contribution is -2.40. The molecule has 4 rings (SSSR count). The van der Waals surface area contributed by atoms with Crippen LogP contribution in [0.5, 0.6) is 0 Å². The number of aromatic nitrogens is 1. The van der Waals surface area contributed by atoms with Crippen molar-refractivity contribution in [1.82, 2.24) is 10.3 Å². The first kappa shape index (κ1) is 19.6. The summed E-state index contributed by atoms with van der Waals surface area (Å²) in [4.78, 5) is 16.9. The van der Waals surface area contributed by atoms with E-state index in [0.717, 1.165) is 47.8 Å². The monoisotopic (exact) mass is 411 g/mol. The van der Waals surface area contributed by atoms with E-state index in [0.29, 0.717) is 16.6 Å². The van der Waals surface area contributed by atoms with E-state index in [1.54, 1.807) is 12.3 Å². The van der Waals surface area contributed by atoms with Crippen LogP contribution in [0.4, 0.5) is 10.1 Å². The Morgan fingerprint density at radius 2 is 1.83 bits per heavy atom. The van der Waals surface area contributed by atoms with Gasteiger partial charge in [0, 0.05) is 39.9 Å². The maximum atomic E-state index is 13.5. The summed E-state index contributed by atoms with van der Waals surface area (Å²) in [7, 11) is 0. The smallest absolute Gasteiger partial charge is 0.251 e. The van der Waals surface area contributed by atoms with Crippen molar-refractivity contribution in [2.24, 2.45) is 0 Å². The fourth-order valence-corrected chi connectivity index (χ4v) is 4.12. The van der Waals surface area contributed by atoms with Gasteiger partial charge in [-0.3, -0.25) is 9.78 Å². The zero-order valence-electron chi connectivity index (χ0n) is 16.2. The Labute approximate surface area is 174 Å². The maximum Gasteiger partial charge on any atom is 0.251 e. The number of rotatable bonds is 4. The van der Waals surface area contributed by atoms with Gasteiger partial charge in [-0.05, 0) is 74.6 Å². The molecular formula is C23H23ClFN3O. The third-order valence-corrected chi connectivity index (χ3v) is 5.81. The molecule has 6 heteroatoms. The van der Waals surface area contributed by atoms with Crippen molar-refractivity contribution in [3.63, 3.8) is 0 Å². The van der Waals surface area contributed by atoms with Crippen LogP contribution in [0, 0.1) is 12.7 Å². The van der Waals surface area contributed by atoms with Crippen LogP contribution in [0.25, 0.3) is 10.9 Å². The second-order valence-electron chi connectivity index (χ2n) is 7.65. The molecule has 0 saturated heterocycles. The third kappa shape index (κ3) is 4.51. The molecule has 4 nitrogen and oxygen atoms in total. The molecule has 1 amide bonds. The quantitative estimate of drug-likeness (QED) is 0.597. The van der Waals surface area contributed by atoms with Crippen molar-refractivity contribution >= 4 is 34.1 Å². The average Bonchev–Trinajstić information content (AvgIpc) is 2.71. The molecule has 150 valence electrons. The van der Waals surface area contributed by atoms with Gasteiger partial charge in [0.25, 0.3) is 5.91 Å². The van der Waals surface area contributed by atoms with Gasteiger partial charge in [-0.15, -0.1) is 0 Å². The van der Waals surface area contributed by atoms with E-state index < -0.39 is 0 Å². The highest BCUT2D eigenvalue weighted by molar-refractivity contribution is 6.31. The van der Waals surface area contributed by atoms with Gasteiger partial charge in [-0.1, -0.05) is 17.7 Å². The number of fused-ring (bicyclic) bond motifs is 1. The highest BCUT2D eigenvalue weighted by Gasteiger charge is 2.23. The van der Waals surface area contributed by atoms with Crippen LogP contribution in [-0.2, 0) is 0 Å². The first-order chi connectivity index (χ1) is 14.0. The topological polar surface area (TPSA) is 54.0 Å². The Bertz CT molecular complexity index is 1050. The highest BCUT2D eigenvalue weighted by Crippen LogP contribution is 2.28. The first-order valence-corrected chi connectivity index (χ1v) is 10.3. The van der Waals surface area contributed by atoms with Crippen LogP contribution in [0.3, 0.4) is 0 Å². The summed E-state index contributed by atoms with van der Waals surface area (Å²) in [6.07, 6.45) is 5.45. The molecule has 29 heavy (non-hydrogen) atoms. The van der Waals surface area contributed by atoms with Crippen molar-refractivity contribution in [3.05, 3.63) is 70.6 Å². The predicted molar refractivity (Wildman–Crippen MR) is 115 cm³/mol. The van der Waals surface area contributed by atoms with Crippen molar-refractivity contribution < 1.29 is 9.18 Å². The van der Waals surface area contributed by atoms with Crippen molar-refractivity contribution in [1.29, 1.82) is 0 Å². The van der Waals surface area contributed by atoms with E-state index >= 15 is 0 Å². The molecule has 0 radical (unpaired) electrons. The standard InChI is InChI=1S/C23H23ClFN3O/c1-14-2-4-16(25)13-20(14)23(29)28-18-7-5-17(6-8-18)27-21-10-11-26-22-12-15(24)3-9-19(21)22/h2-4,9-13,17-18H,5-8H2,1H3,(H,26,27)(H,28,29)/t17-,18+. The fraction of sp³-hybridized carbons (Fsp3) is 0.304. The van der Waals surface area contributed by atoms with Gasteiger partial charge < -0.3 is 10.6 Å². The Balaban J connectivity index is 1.36. The number of carbonyl (C=O) groups excluding carboxylic acids is 1. The molecule has 1 aromatic heterocycles. The van der Waals surface area contributed by atoms with Gasteiger partial charge in [0.15, 0.2) is 0 Å². The zero-order valence-corrected chi connectivity index (χ0v) is 17.0. The molecule has 2 aromatic carbocycles. The number of anilines is 1. The largest absolute Gasteiger partial charge is 0.382 e. The van der Waals surface area contributed by atoms with E-state index in [4.69, 9.17) is 11.6 Å². The second kappa shape index (κ2) is 8.37. The minimum Gasteiger partial charge on any atom is -0.382 e. The molecule has 0 spiro atoms. The minimum atomic E-state index is -0.389. The third-order valence-electron chi connectivity index (χ3n) is 5.57. The average molecular weight is 412 g/mol. The summed E-state index contributed by atoms with van der Waals surface area (Å²) in [6, 6.07) is 12.5. The molecule has 1 aliphatic carbocycles. The molecule has 0 unspecified atom stereocenters. The van der Waals surface area contributed by atoms with Gasteiger partial charge in [0.2, 0.25) is 0 Å². The molecule has 3 aromatic rings. The summed E-state index contributed by atoms with van der Waals surface area (Å²) >= 11 is 6.07. The van der Waals surface area contributed by atoms with Gasteiger partial charge in [0.05, 0.1) is 5.52 Å². The summed E-state index contributed by atoms with van der Waals surface area (Å²) in [5.74, 6) is -0.588. The molecule has 0 bridgehead atoms. The van der Waals surface area contributed by atoms with E-state index in [1.165, 1.54) is 12.1 Å².